The van der Waals surface area contributed by atoms with Gasteiger partial charge in [0.25, 0.3) is 0 Å². The van der Waals surface area contributed by atoms with Crippen molar-refractivity contribution in [2.75, 3.05) is 13.2 Å². The third-order valence-electron chi connectivity index (χ3n) is 2.23. The molecule has 9 heavy (non-hydrogen) atoms. The first-order valence-electron chi connectivity index (χ1n) is 3.49. The van der Waals surface area contributed by atoms with Crippen LogP contribution in [0.3, 0.4) is 0 Å². The van der Waals surface area contributed by atoms with Gasteiger partial charge in [-0.2, -0.15) is 0 Å². The van der Waals surface area contributed by atoms with Crippen molar-refractivity contribution in [1.82, 2.24) is 5.01 Å². The van der Waals surface area contributed by atoms with E-state index < -0.39 is 0 Å². The van der Waals surface area contributed by atoms with Crippen molar-refractivity contribution in [3.05, 3.63) is 0 Å². The summed E-state index contributed by atoms with van der Waals surface area (Å²) in [5.41, 5.74) is 0. The van der Waals surface area contributed by atoms with E-state index in [9.17, 15) is 0 Å². The predicted octanol–water partition coefficient (Wildman–Crippen LogP) is -0.277. The van der Waals surface area contributed by atoms with Gasteiger partial charge in [-0.25, -0.2) is 5.01 Å². The second-order valence-corrected chi connectivity index (χ2v) is 2.88. The molecule has 3 aliphatic rings. The van der Waals surface area contributed by atoms with Crippen LogP contribution in [0.25, 0.3) is 0 Å². The van der Waals surface area contributed by atoms with E-state index >= 15 is 0 Å². The molecule has 3 saturated heterocycles. The molecule has 3 fully saturated rings. The quantitative estimate of drug-likeness (QED) is 0.456. The fraction of sp³-hybridized carbons (Fsp3) is 1.00. The summed E-state index contributed by atoms with van der Waals surface area (Å²) in [6, 6.07) is 0.509. The number of hydrazine groups is 1. The molecule has 0 spiro atoms. The van der Waals surface area contributed by atoms with Crippen LogP contribution in [-0.2, 0) is 4.74 Å². The average molecular weight is 128 g/mol. The molecule has 0 aliphatic carbocycles. The predicted molar refractivity (Wildman–Crippen MR) is 33.7 cm³/mol. The van der Waals surface area contributed by atoms with Crippen LogP contribution in [0.15, 0.2) is 0 Å². The van der Waals surface area contributed by atoms with Crippen LogP contribution in [0.4, 0.5) is 0 Å². The van der Waals surface area contributed by atoms with E-state index in [0.29, 0.717) is 12.1 Å². The second kappa shape index (κ2) is 1.94. The molecule has 3 heteroatoms. The third-order valence-corrected chi connectivity index (χ3v) is 2.23. The Labute approximate surface area is 54.7 Å². The van der Waals surface area contributed by atoms with Crippen LogP contribution in [0.2, 0.25) is 0 Å². The van der Waals surface area contributed by atoms with Crippen molar-refractivity contribution in [3.63, 3.8) is 0 Å². The van der Waals surface area contributed by atoms with Crippen molar-refractivity contribution >= 4 is 0 Å². The zero-order chi connectivity index (χ0) is 6.27. The Hall–Kier alpha value is -0.120. The van der Waals surface area contributed by atoms with Crippen LogP contribution in [0.1, 0.15) is 12.8 Å². The lowest BCUT2D eigenvalue weighted by Crippen LogP contribution is -2.57. The van der Waals surface area contributed by atoms with Gasteiger partial charge in [0, 0.05) is 12.6 Å². The molecule has 2 unspecified atom stereocenters. The summed E-state index contributed by atoms with van der Waals surface area (Å²) >= 11 is 0. The number of fused-ring (bicyclic) bond motifs is 3. The van der Waals surface area contributed by atoms with E-state index in [2.05, 4.69) is 0 Å². The fourth-order valence-corrected chi connectivity index (χ4v) is 1.58. The number of nitrogens with two attached hydrogens (primary N) is 1. The van der Waals surface area contributed by atoms with Crippen LogP contribution < -0.4 is 5.84 Å². The lowest BCUT2D eigenvalue weighted by molar-refractivity contribution is -0.106. The van der Waals surface area contributed by atoms with Gasteiger partial charge < -0.3 is 4.74 Å². The van der Waals surface area contributed by atoms with Gasteiger partial charge in [-0.15, -0.1) is 0 Å². The van der Waals surface area contributed by atoms with E-state index in [1.807, 2.05) is 5.01 Å². The maximum absolute atomic E-state index is 5.67. The first kappa shape index (κ1) is 5.65. The highest BCUT2D eigenvalue weighted by Crippen LogP contribution is 2.22. The van der Waals surface area contributed by atoms with Crippen LogP contribution in [0, 0.1) is 0 Å². The van der Waals surface area contributed by atoms with Gasteiger partial charge in [0.1, 0.15) is 0 Å². The number of piperidine rings is 1. The van der Waals surface area contributed by atoms with E-state index in [4.69, 9.17) is 10.6 Å². The monoisotopic (exact) mass is 128 g/mol. The van der Waals surface area contributed by atoms with Gasteiger partial charge in [-0.05, 0) is 12.8 Å². The fourth-order valence-electron chi connectivity index (χ4n) is 1.58. The highest BCUT2D eigenvalue weighted by molar-refractivity contribution is 4.83. The van der Waals surface area contributed by atoms with Gasteiger partial charge in [0.05, 0.1) is 12.7 Å². The van der Waals surface area contributed by atoms with Crippen molar-refractivity contribution in [2.45, 2.75) is 25.0 Å². The third kappa shape index (κ3) is 0.852. The second-order valence-electron chi connectivity index (χ2n) is 2.88. The molecule has 2 N–H and O–H groups in total. The normalized spacial score (nSPS) is 43.7. The smallest absolute Gasteiger partial charge is 0.0717 e. The number of nitrogens with zero attached hydrogens (tertiary/aromatic N) is 1. The zero-order valence-corrected chi connectivity index (χ0v) is 5.42. The topological polar surface area (TPSA) is 38.5 Å². The summed E-state index contributed by atoms with van der Waals surface area (Å²) < 4.78 is 5.43. The first-order valence-corrected chi connectivity index (χ1v) is 3.49. The molecule has 0 amide bonds. The molecule has 0 aromatic carbocycles. The van der Waals surface area contributed by atoms with Crippen molar-refractivity contribution < 1.29 is 4.74 Å². The van der Waals surface area contributed by atoms with E-state index in [1.54, 1.807) is 0 Å². The van der Waals surface area contributed by atoms with Gasteiger partial charge >= 0.3 is 0 Å². The number of rotatable bonds is 0. The molecule has 0 aromatic heterocycles. The number of hydrogen-bond acceptors (Lipinski definition) is 3. The first-order chi connectivity index (χ1) is 4.36. The molecule has 0 aromatic rings. The highest BCUT2D eigenvalue weighted by atomic mass is 16.5. The Kier molecular flexibility index (Phi) is 1.22. The minimum Gasteiger partial charge on any atom is -0.375 e. The molecule has 0 radical (unpaired) electrons. The molecule has 52 valence electrons. The Bertz CT molecular complexity index is 110. The summed E-state index contributed by atoms with van der Waals surface area (Å²) in [5, 5.41) is 1.91. The van der Waals surface area contributed by atoms with E-state index in [1.165, 1.54) is 12.8 Å². The molecule has 3 nitrogen and oxygen atoms in total. The highest BCUT2D eigenvalue weighted by Gasteiger charge is 2.32. The van der Waals surface area contributed by atoms with Crippen LogP contribution >= 0.6 is 0 Å². The maximum atomic E-state index is 5.67. The molecule has 2 bridgehead atoms. The maximum Gasteiger partial charge on any atom is 0.0717 e. The van der Waals surface area contributed by atoms with Crippen LogP contribution in [0.5, 0.6) is 0 Å². The Morgan fingerprint density at radius 1 is 1.44 bits per heavy atom. The summed E-state index contributed by atoms with van der Waals surface area (Å²) in [5.74, 6) is 5.67. The zero-order valence-electron chi connectivity index (χ0n) is 5.42. The Morgan fingerprint density at radius 2 is 2.33 bits per heavy atom. The molecule has 2 atom stereocenters. The van der Waals surface area contributed by atoms with Crippen molar-refractivity contribution in [3.8, 4) is 0 Å². The molecule has 0 saturated carbocycles. The Balaban J connectivity index is 2.06. The van der Waals surface area contributed by atoms with Crippen molar-refractivity contribution in [2.24, 2.45) is 5.84 Å². The van der Waals surface area contributed by atoms with Gasteiger partial charge in [0.2, 0.25) is 0 Å². The lowest BCUT2D eigenvalue weighted by atomic mass is 9.99. The van der Waals surface area contributed by atoms with Gasteiger partial charge in [0.15, 0.2) is 0 Å². The largest absolute Gasteiger partial charge is 0.375 e. The van der Waals surface area contributed by atoms with Crippen molar-refractivity contribution in [1.29, 1.82) is 0 Å². The minimum absolute atomic E-state index is 0.431. The molecule has 3 rings (SSSR count). The minimum atomic E-state index is 0.431. The molecular weight excluding hydrogens is 116 g/mol. The molecule has 3 aliphatic heterocycles. The van der Waals surface area contributed by atoms with E-state index in [-0.39, 0.29) is 0 Å². The van der Waals surface area contributed by atoms with E-state index in [0.717, 1.165) is 13.2 Å². The van der Waals surface area contributed by atoms with Gasteiger partial charge in [-0.3, -0.25) is 5.84 Å². The average Bonchev–Trinajstić information content (AvgIpc) is 1.90. The standard InChI is InChI=1S/C6H12N2O/c7-8-3-6-2-1-5(8)4-9-6/h5-6H,1-4,7H2. The number of ether oxygens (including phenoxy) is 1. The summed E-state index contributed by atoms with van der Waals surface area (Å²) in [7, 11) is 0. The Morgan fingerprint density at radius 3 is 2.56 bits per heavy atom. The van der Waals surface area contributed by atoms with Crippen LogP contribution in [-0.4, -0.2) is 30.3 Å². The molecular formula is C6H12N2O. The number of morpholine rings is 1. The number of hydrogen-bond donors (Lipinski definition) is 1. The lowest BCUT2D eigenvalue weighted by Gasteiger charge is -2.42. The SMILES string of the molecule is NN1CC2CCC1CO2. The summed E-state index contributed by atoms with van der Waals surface area (Å²) in [6.07, 6.45) is 2.86. The van der Waals surface area contributed by atoms with Gasteiger partial charge in [-0.1, -0.05) is 0 Å². The summed E-state index contributed by atoms with van der Waals surface area (Å²) in [4.78, 5) is 0. The molecule has 3 heterocycles. The summed E-state index contributed by atoms with van der Waals surface area (Å²) in [6.45, 7) is 1.78.